The van der Waals surface area contributed by atoms with E-state index in [4.69, 9.17) is 4.74 Å². The Bertz CT molecular complexity index is 218. The number of carbonyl (C=O) groups excluding carboxylic acids is 1. The van der Waals surface area contributed by atoms with Crippen molar-refractivity contribution in [3.8, 4) is 0 Å². The van der Waals surface area contributed by atoms with Crippen molar-refractivity contribution in [1.82, 2.24) is 0 Å². The largest absolute Gasteiger partial charge is 0.458 e. The van der Waals surface area contributed by atoms with Gasteiger partial charge in [-0.05, 0) is 31.3 Å². The molecule has 1 aliphatic rings. The van der Waals surface area contributed by atoms with E-state index < -0.39 is 0 Å². The molecule has 0 saturated carbocycles. The third-order valence-electron chi connectivity index (χ3n) is 2.63. The average molecular weight is 196 g/mol. The van der Waals surface area contributed by atoms with Crippen molar-refractivity contribution in [3.63, 3.8) is 0 Å². The first-order valence-corrected chi connectivity index (χ1v) is 5.60. The zero-order valence-electron chi connectivity index (χ0n) is 9.21. The Kier molecular flexibility index (Phi) is 4.71. The molecule has 0 N–H and O–H groups in total. The van der Waals surface area contributed by atoms with Gasteiger partial charge in [-0.3, -0.25) is 4.79 Å². The van der Waals surface area contributed by atoms with Gasteiger partial charge in [-0.15, -0.1) is 0 Å². The Morgan fingerprint density at radius 3 is 3.00 bits per heavy atom. The maximum atomic E-state index is 10.8. The van der Waals surface area contributed by atoms with E-state index in [9.17, 15) is 4.79 Å². The molecule has 1 atom stereocenters. The fourth-order valence-electron chi connectivity index (χ4n) is 1.91. The SMILES string of the molecule is CCCCCC1=CCCC1OC(C)=O. The molecule has 80 valence electrons. The lowest BCUT2D eigenvalue weighted by atomic mass is 10.1. The molecule has 0 aromatic rings. The van der Waals surface area contributed by atoms with Gasteiger partial charge in [-0.1, -0.05) is 25.8 Å². The molecular formula is C12H20O2. The molecule has 0 bridgehead atoms. The molecule has 1 aliphatic carbocycles. The second-order valence-corrected chi connectivity index (χ2v) is 3.91. The number of rotatable bonds is 5. The summed E-state index contributed by atoms with van der Waals surface area (Å²) >= 11 is 0. The first-order chi connectivity index (χ1) is 6.74. The number of hydrogen-bond donors (Lipinski definition) is 0. The van der Waals surface area contributed by atoms with Crippen molar-refractivity contribution in [3.05, 3.63) is 11.6 Å². The maximum Gasteiger partial charge on any atom is 0.303 e. The monoisotopic (exact) mass is 196 g/mol. The summed E-state index contributed by atoms with van der Waals surface area (Å²) in [5, 5.41) is 0. The summed E-state index contributed by atoms with van der Waals surface area (Å²) in [4.78, 5) is 10.8. The molecule has 1 unspecified atom stereocenters. The van der Waals surface area contributed by atoms with E-state index in [2.05, 4.69) is 13.0 Å². The second-order valence-electron chi connectivity index (χ2n) is 3.91. The van der Waals surface area contributed by atoms with E-state index in [1.165, 1.54) is 31.8 Å². The number of hydrogen-bond acceptors (Lipinski definition) is 2. The molecule has 0 radical (unpaired) electrons. The van der Waals surface area contributed by atoms with Crippen LogP contribution in [0.2, 0.25) is 0 Å². The van der Waals surface area contributed by atoms with Crippen LogP contribution in [0.1, 0.15) is 52.4 Å². The van der Waals surface area contributed by atoms with Crippen LogP contribution in [0, 0.1) is 0 Å². The first-order valence-electron chi connectivity index (χ1n) is 5.60. The minimum absolute atomic E-state index is 0.0874. The van der Waals surface area contributed by atoms with Gasteiger partial charge < -0.3 is 4.74 Å². The van der Waals surface area contributed by atoms with Crippen molar-refractivity contribution in [2.75, 3.05) is 0 Å². The minimum Gasteiger partial charge on any atom is -0.458 e. The molecule has 2 nitrogen and oxygen atoms in total. The summed E-state index contributed by atoms with van der Waals surface area (Å²) < 4.78 is 5.25. The molecule has 0 heterocycles. The summed E-state index contributed by atoms with van der Waals surface area (Å²) in [6, 6.07) is 0. The second kappa shape index (κ2) is 5.84. The third kappa shape index (κ3) is 3.52. The van der Waals surface area contributed by atoms with Crippen LogP contribution in [0.3, 0.4) is 0 Å². The Morgan fingerprint density at radius 2 is 2.36 bits per heavy atom. The normalized spacial score (nSPS) is 20.7. The number of unbranched alkanes of at least 4 members (excludes halogenated alkanes) is 2. The zero-order valence-corrected chi connectivity index (χ0v) is 9.21. The summed E-state index contributed by atoms with van der Waals surface area (Å²) in [6.07, 6.45) is 9.22. The smallest absolute Gasteiger partial charge is 0.303 e. The van der Waals surface area contributed by atoms with Gasteiger partial charge in [0.15, 0.2) is 0 Å². The fraction of sp³-hybridized carbons (Fsp3) is 0.750. The van der Waals surface area contributed by atoms with Gasteiger partial charge in [0.05, 0.1) is 0 Å². The standard InChI is InChI=1S/C12H20O2/c1-3-4-5-7-11-8-6-9-12(11)14-10(2)13/h8,12H,3-7,9H2,1-2H3. The quantitative estimate of drug-likeness (QED) is 0.383. The first kappa shape index (κ1) is 11.3. The molecule has 0 spiro atoms. The molecule has 0 aliphatic heterocycles. The van der Waals surface area contributed by atoms with E-state index in [1.807, 2.05) is 0 Å². The van der Waals surface area contributed by atoms with E-state index in [1.54, 1.807) is 0 Å². The maximum absolute atomic E-state index is 10.8. The number of allylic oxidation sites excluding steroid dienone is 1. The summed E-state index contributed by atoms with van der Waals surface area (Å²) in [5.41, 5.74) is 1.34. The van der Waals surface area contributed by atoms with Crippen molar-refractivity contribution < 1.29 is 9.53 Å². The molecule has 0 saturated heterocycles. The Morgan fingerprint density at radius 1 is 1.57 bits per heavy atom. The molecule has 14 heavy (non-hydrogen) atoms. The summed E-state index contributed by atoms with van der Waals surface area (Å²) in [5.74, 6) is -0.154. The lowest BCUT2D eigenvalue weighted by Crippen LogP contribution is -2.15. The topological polar surface area (TPSA) is 26.3 Å². The van der Waals surface area contributed by atoms with E-state index in [-0.39, 0.29) is 12.1 Å². The molecule has 2 heteroatoms. The number of esters is 1. The predicted octanol–water partition coefficient (Wildman–Crippen LogP) is 3.22. The van der Waals surface area contributed by atoms with Crippen LogP contribution in [-0.2, 0) is 9.53 Å². The van der Waals surface area contributed by atoms with E-state index >= 15 is 0 Å². The van der Waals surface area contributed by atoms with Crippen LogP contribution < -0.4 is 0 Å². The lowest BCUT2D eigenvalue weighted by Gasteiger charge is -2.14. The fourth-order valence-corrected chi connectivity index (χ4v) is 1.91. The van der Waals surface area contributed by atoms with Gasteiger partial charge in [-0.25, -0.2) is 0 Å². The van der Waals surface area contributed by atoms with Gasteiger partial charge in [0.1, 0.15) is 6.10 Å². The van der Waals surface area contributed by atoms with Crippen molar-refractivity contribution in [2.24, 2.45) is 0 Å². The minimum atomic E-state index is -0.154. The Balaban J connectivity index is 2.31. The number of carbonyl (C=O) groups is 1. The zero-order chi connectivity index (χ0) is 10.4. The van der Waals surface area contributed by atoms with Crippen molar-refractivity contribution in [2.45, 2.75) is 58.5 Å². The predicted molar refractivity (Wildman–Crippen MR) is 57.0 cm³/mol. The molecule has 0 fully saturated rings. The third-order valence-corrected chi connectivity index (χ3v) is 2.63. The van der Waals surface area contributed by atoms with Crippen LogP contribution in [-0.4, -0.2) is 12.1 Å². The Hall–Kier alpha value is -0.790. The van der Waals surface area contributed by atoms with Crippen LogP contribution in [0.5, 0.6) is 0 Å². The molecule has 0 aromatic heterocycles. The highest BCUT2D eigenvalue weighted by Gasteiger charge is 2.20. The summed E-state index contributed by atoms with van der Waals surface area (Å²) in [7, 11) is 0. The van der Waals surface area contributed by atoms with E-state index in [0.717, 1.165) is 19.3 Å². The van der Waals surface area contributed by atoms with Crippen LogP contribution in [0.15, 0.2) is 11.6 Å². The van der Waals surface area contributed by atoms with Crippen LogP contribution >= 0.6 is 0 Å². The van der Waals surface area contributed by atoms with E-state index in [0.29, 0.717) is 0 Å². The van der Waals surface area contributed by atoms with Crippen molar-refractivity contribution in [1.29, 1.82) is 0 Å². The van der Waals surface area contributed by atoms with Gasteiger partial charge in [0, 0.05) is 6.92 Å². The van der Waals surface area contributed by atoms with Crippen LogP contribution in [0.4, 0.5) is 0 Å². The molecular weight excluding hydrogens is 176 g/mol. The van der Waals surface area contributed by atoms with Gasteiger partial charge in [-0.2, -0.15) is 0 Å². The highest BCUT2D eigenvalue weighted by molar-refractivity contribution is 5.66. The molecule has 0 aromatic carbocycles. The highest BCUT2D eigenvalue weighted by atomic mass is 16.5. The highest BCUT2D eigenvalue weighted by Crippen LogP contribution is 2.26. The van der Waals surface area contributed by atoms with Crippen LogP contribution in [0.25, 0.3) is 0 Å². The molecule has 1 rings (SSSR count). The number of ether oxygens (including phenoxy) is 1. The van der Waals surface area contributed by atoms with Gasteiger partial charge >= 0.3 is 5.97 Å². The van der Waals surface area contributed by atoms with Gasteiger partial charge in [0.25, 0.3) is 0 Å². The van der Waals surface area contributed by atoms with Crippen molar-refractivity contribution >= 4 is 5.97 Å². The van der Waals surface area contributed by atoms with Gasteiger partial charge in [0.2, 0.25) is 0 Å². The average Bonchev–Trinajstić information content (AvgIpc) is 2.52. The molecule has 0 amide bonds. The Labute approximate surface area is 86.3 Å². The summed E-state index contributed by atoms with van der Waals surface area (Å²) in [6.45, 7) is 3.69. The lowest BCUT2D eigenvalue weighted by molar-refractivity contribution is -0.144.